The van der Waals surface area contributed by atoms with E-state index in [0.717, 1.165) is 129 Å². The average molecular weight is 881 g/mol. The minimum absolute atomic E-state index is 0.175. The topological polar surface area (TPSA) is 145 Å². The third-order valence-electron chi connectivity index (χ3n) is 10.5. The summed E-state index contributed by atoms with van der Waals surface area (Å²) in [6, 6.07) is 0. The number of ether oxygens (including phenoxy) is 4. The number of carbonyl (C=O) groups is 2. The van der Waals surface area contributed by atoms with Gasteiger partial charge in [0.1, 0.15) is 17.3 Å². The number of rotatable bonds is 21. The lowest BCUT2D eigenvalue weighted by Gasteiger charge is -2.40. The van der Waals surface area contributed by atoms with E-state index in [-0.39, 0.29) is 24.5 Å². The molecule has 2 heterocycles. The molecular weight excluding hydrogens is 793 g/mol. The van der Waals surface area contributed by atoms with E-state index in [1.807, 2.05) is 55.4 Å². The molecule has 0 aromatic carbocycles. The first-order chi connectivity index (χ1) is 28.0. The Bertz CT molecular complexity index is 1080. The molecule has 0 spiro atoms. The summed E-state index contributed by atoms with van der Waals surface area (Å²) in [4.78, 5) is 35.4. The number of nitrogens with zero attached hydrogens (tertiary/aromatic N) is 4. The van der Waals surface area contributed by atoms with Gasteiger partial charge in [-0.05, 0) is 99.8 Å². The molecule has 2 aliphatic rings. The van der Waals surface area contributed by atoms with Crippen LogP contribution in [-0.4, -0.2) is 180 Å². The number of hydrogen-bond acceptors (Lipinski definition) is 15. The van der Waals surface area contributed by atoms with Crippen LogP contribution < -0.4 is 0 Å². The van der Waals surface area contributed by atoms with Gasteiger partial charge in [-0.1, -0.05) is 70.1 Å². The van der Waals surface area contributed by atoms with E-state index in [4.69, 9.17) is 18.9 Å². The van der Waals surface area contributed by atoms with Gasteiger partial charge in [-0.2, -0.15) is 0 Å². The normalized spacial score (nSPS) is 24.2. The molecule has 0 radical (unpaired) electrons. The van der Waals surface area contributed by atoms with E-state index in [1.54, 1.807) is 17.7 Å². The van der Waals surface area contributed by atoms with Gasteiger partial charge in [-0.15, -0.1) is 11.7 Å². The Morgan fingerprint density at radius 1 is 0.661 bits per heavy atom. The molecule has 0 amide bonds. The van der Waals surface area contributed by atoms with Crippen molar-refractivity contribution in [3.05, 3.63) is 0 Å². The Kier molecular flexibility index (Phi) is 30.5. The van der Waals surface area contributed by atoms with Gasteiger partial charge < -0.3 is 44.1 Å². The minimum Gasteiger partial charge on any atom is -0.459 e. The molecule has 0 aromatic heterocycles. The van der Waals surface area contributed by atoms with Crippen LogP contribution in [0.5, 0.6) is 0 Å². The lowest BCUT2D eigenvalue weighted by molar-refractivity contribution is -0.288. The van der Waals surface area contributed by atoms with Gasteiger partial charge in [-0.3, -0.25) is 19.4 Å². The molecule has 0 aliphatic carbocycles. The molecule has 0 aromatic rings. The number of carbonyl (C=O) groups excluding carboxylic acids is 2. The second kappa shape index (κ2) is 32.0. The van der Waals surface area contributed by atoms with Gasteiger partial charge in [0.25, 0.3) is 0 Å². The molecule has 2 rings (SSSR count). The summed E-state index contributed by atoms with van der Waals surface area (Å²) in [6.07, 6.45) is 8.19. The molecule has 59 heavy (non-hydrogen) atoms. The van der Waals surface area contributed by atoms with Crippen molar-refractivity contribution in [2.24, 2.45) is 5.92 Å². The predicted molar refractivity (Wildman–Crippen MR) is 244 cm³/mol. The number of aliphatic hydroxyl groups is 3. The van der Waals surface area contributed by atoms with E-state index in [0.29, 0.717) is 19.7 Å². The summed E-state index contributed by atoms with van der Waals surface area (Å²) in [6.45, 7) is 26.9. The Labute approximate surface area is 368 Å². The van der Waals surface area contributed by atoms with Gasteiger partial charge in [-0.25, -0.2) is 0 Å². The zero-order valence-electron chi connectivity index (χ0n) is 38.7. The van der Waals surface area contributed by atoms with Crippen molar-refractivity contribution < 1.29 is 43.9 Å². The highest BCUT2D eigenvalue weighted by Gasteiger charge is 2.42. The minimum atomic E-state index is -1.11. The SMILES string of the molecule is CC.CC1C(CO)OC(OCCCCCCCCCCN2CCCN(CC(=O)OC(C)(C)C)CCN(CCCSS)CCCN(CC(=O)OC(C)(C)C)CC2)C(O)C1O. The third kappa shape index (κ3) is 27.2. The van der Waals surface area contributed by atoms with E-state index in [9.17, 15) is 24.9 Å². The third-order valence-corrected chi connectivity index (χ3v) is 11.5. The summed E-state index contributed by atoms with van der Waals surface area (Å²) in [5.41, 5.74) is -1.03. The summed E-state index contributed by atoms with van der Waals surface area (Å²) < 4.78 is 22.8. The van der Waals surface area contributed by atoms with Crippen LogP contribution in [0.4, 0.5) is 0 Å². The van der Waals surface area contributed by atoms with Crippen molar-refractivity contribution in [2.45, 2.75) is 169 Å². The molecule has 2 fully saturated rings. The van der Waals surface area contributed by atoms with Crippen LogP contribution >= 0.6 is 22.5 Å². The molecular formula is C44H88N4O9S2. The number of thiol groups is 1. The molecule has 2 saturated heterocycles. The molecule has 2 aliphatic heterocycles. The van der Waals surface area contributed by atoms with Gasteiger partial charge in [0, 0.05) is 57.5 Å². The largest absolute Gasteiger partial charge is 0.459 e. The van der Waals surface area contributed by atoms with Crippen molar-refractivity contribution in [1.82, 2.24) is 19.6 Å². The van der Waals surface area contributed by atoms with Gasteiger partial charge in [0.15, 0.2) is 6.29 Å². The maximum Gasteiger partial charge on any atom is 0.320 e. The Balaban J connectivity index is 0.00000856. The van der Waals surface area contributed by atoms with Gasteiger partial charge >= 0.3 is 11.9 Å². The zero-order chi connectivity index (χ0) is 44.3. The number of unbranched alkanes of at least 4 members (excludes halogenated alkanes) is 7. The number of hydrogen-bond donors (Lipinski definition) is 4. The number of esters is 2. The fourth-order valence-corrected chi connectivity index (χ4v) is 8.04. The van der Waals surface area contributed by atoms with Crippen molar-refractivity contribution in [1.29, 1.82) is 0 Å². The van der Waals surface area contributed by atoms with Crippen molar-refractivity contribution >= 4 is 34.4 Å². The second-order valence-corrected chi connectivity index (χ2v) is 19.5. The highest BCUT2D eigenvalue weighted by molar-refractivity contribution is 8.68. The van der Waals surface area contributed by atoms with Crippen LogP contribution in [0.25, 0.3) is 0 Å². The lowest BCUT2D eigenvalue weighted by Crippen LogP contribution is -2.55. The predicted octanol–water partition coefficient (Wildman–Crippen LogP) is 5.88. The van der Waals surface area contributed by atoms with E-state index >= 15 is 0 Å². The number of aliphatic hydroxyl groups excluding tert-OH is 3. The van der Waals surface area contributed by atoms with Gasteiger partial charge in [0.05, 0.1) is 31.9 Å². The highest BCUT2D eigenvalue weighted by Crippen LogP contribution is 2.26. The van der Waals surface area contributed by atoms with E-state index in [2.05, 4.69) is 31.3 Å². The molecule has 5 unspecified atom stereocenters. The Hall–Kier alpha value is -0.720. The standard InChI is InChI=1S/C42H82N4O9S2.C2H6/c1-34-35(33-47)53-40(39(51)38(34)50)52-29-15-13-11-9-8-10-12-14-19-43-20-16-22-46(32-37(49)55-42(5,6)7)28-26-44(24-18-30-57-56)21-17-23-45(27-25-43)31-36(48)54-41(2,3)4;1-2/h34-35,38-40,47,50-51,56H,8-33H2,1-7H3;1-2H3. The van der Waals surface area contributed by atoms with Crippen LogP contribution in [0, 0.1) is 5.92 Å². The molecule has 0 bridgehead atoms. The monoisotopic (exact) mass is 881 g/mol. The first-order valence-corrected chi connectivity index (χ1v) is 24.9. The van der Waals surface area contributed by atoms with Crippen LogP contribution in [0.15, 0.2) is 0 Å². The van der Waals surface area contributed by atoms with Crippen molar-refractivity contribution in [3.8, 4) is 0 Å². The Morgan fingerprint density at radius 2 is 1.08 bits per heavy atom. The first kappa shape index (κ1) is 56.3. The summed E-state index contributed by atoms with van der Waals surface area (Å²) in [5, 5.41) is 30.1. The molecule has 15 heteroatoms. The summed E-state index contributed by atoms with van der Waals surface area (Å²) >= 11 is 4.34. The fourth-order valence-electron chi connectivity index (χ4n) is 7.39. The van der Waals surface area contributed by atoms with Crippen LogP contribution in [-0.2, 0) is 28.5 Å². The zero-order valence-corrected chi connectivity index (χ0v) is 40.4. The van der Waals surface area contributed by atoms with Crippen molar-refractivity contribution in [2.75, 3.05) is 97.5 Å². The van der Waals surface area contributed by atoms with Crippen LogP contribution in [0.1, 0.15) is 133 Å². The smallest absolute Gasteiger partial charge is 0.320 e. The maximum atomic E-state index is 12.9. The quantitative estimate of drug-likeness (QED) is 0.0472. The van der Waals surface area contributed by atoms with Crippen molar-refractivity contribution in [3.63, 3.8) is 0 Å². The molecule has 350 valence electrons. The Morgan fingerprint density at radius 3 is 1.54 bits per heavy atom. The van der Waals surface area contributed by atoms with Crippen LogP contribution in [0.3, 0.4) is 0 Å². The van der Waals surface area contributed by atoms with E-state index in [1.165, 1.54) is 12.8 Å². The molecule has 3 N–H and O–H groups in total. The molecule has 5 atom stereocenters. The van der Waals surface area contributed by atoms with E-state index < -0.39 is 35.8 Å². The first-order valence-electron chi connectivity index (χ1n) is 22.8. The summed E-state index contributed by atoms with van der Waals surface area (Å²) in [5.74, 6) is 0.283. The maximum absolute atomic E-state index is 12.9. The highest BCUT2D eigenvalue weighted by atomic mass is 33.1. The van der Waals surface area contributed by atoms with Gasteiger partial charge in [0.2, 0.25) is 0 Å². The fraction of sp³-hybridized carbons (Fsp3) is 0.955. The molecule has 13 nitrogen and oxygen atoms in total. The molecule has 0 saturated carbocycles. The van der Waals surface area contributed by atoms with Crippen LogP contribution in [0.2, 0.25) is 0 Å². The average Bonchev–Trinajstić information content (AvgIpc) is 3.16. The second-order valence-electron chi connectivity index (χ2n) is 18.1. The summed E-state index contributed by atoms with van der Waals surface area (Å²) in [7, 11) is 1.57. The lowest BCUT2D eigenvalue weighted by atomic mass is 9.91.